The van der Waals surface area contributed by atoms with Crippen molar-refractivity contribution in [2.75, 3.05) is 11.5 Å². The summed E-state index contributed by atoms with van der Waals surface area (Å²) in [6, 6.07) is 0. The Balaban J connectivity index is 0.00000264. The van der Waals surface area contributed by atoms with E-state index in [0.29, 0.717) is 9.99 Å². The van der Waals surface area contributed by atoms with E-state index in [1.54, 1.807) is 0 Å². The molecule has 8 nitrogen and oxygen atoms in total. The predicted molar refractivity (Wildman–Crippen MR) is 80.5 cm³/mol. The van der Waals surface area contributed by atoms with Crippen molar-refractivity contribution in [3.63, 3.8) is 0 Å². The van der Waals surface area contributed by atoms with Crippen LogP contribution in [-0.4, -0.2) is 53.3 Å². The SMILES string of the molecule is CC(O)[C@H]1C(=O)N2C(C(=O)[O-])=C(SCCCS(N)(=O)=O)S[C@H]12.[Na+]. The van der Waals surface area contributed by atoms with E-state index in [4.69, 9.17) is 5.14 Å². The molecule has 0 aromatic heterocycles. The molecule has 0 radical (unpaired) electrons. The number of nitrogens with two attached hydrogens (primary N) is 1. The molecule has 124 valence electrons. The van der Waals surface area contributed by atoms with Crippen molar-refractivity contribution < 1.29 is 57.8 Å². The van der Waals surface area contributed by atoms with Gasteiger partial charge < -0.3 is 15.0 Å². The Morgan fingerprint density at radius 1 is 1.57 bits per heavy atom. The van der Waals surface area contributed by atoms with Crippen LogP contribution < -0.4 is 39.8 Å². The first-order valence-corrected chi connectivity index (χ1v) is 9.98. The van der Waals surface area contributed by atoms with E-state index in [0.717, 1.165) is 16.7 Å². The molecule has 1 fully saturated rings. The van der Waals surface area contributed by atoms with Crippen LogP contribution in [0.4, 0.5) is 0 Å². The number of carbonyl (C=O) groups excluding carboxylic acids is 2. The summed E-state index contributed by atoms with van der Waals surface area (Å²) in [5, 5.41) is 25.3. The third-order valence-corrected chi connectivity index (χ3v) is 6.87. The summed E-state index contributed by atoms with van der Waals surface area (Å²) in [5.41, 5.74) is -0.197. The van der Waals surface area contributed by atoms with E-state index in [-0.39, 0.29) is 47.4 Å². The van der Waals surface area contributed by atoms with Crippen molar-refractivity contribution in [1.82, 2.24) is 4.90 Å². The number of aliphatic carboxylic acids is 1. The molecule has 0 aliphatic carbocycles. The molecule has 0 saturated carbocycles. The first kappa shape index (κ1) is 21.3. The van der Waals surface area contributed by atoms with Gasteiger partial charge in [-0.3, -0.25) is 9.69 Å². The normalized spacial score (nSPS) is 24.8. The van der Waals surface area contributed by atoms with Crippen LogP contribution in [0.5, 0.6) is 0 Å². The molecule has 12 heteroatoms. The quantitative estimate of drug-likeness (QED) is 0.251. The molecule has 1 unspecified atom stereocenters. The maximum absolute atomic E-state index is 11.9. The van der Waals surface area contributed by atoms with Crippen molar-refractivity contribution in [3.05, 3.63) is 9.93 Å². The van der Waals surface area contributed by atoms with E-state index >= 15 is 0 Å². The van der Waals surface area contributed by atoms with Crippen LogP contribution in [0, 0.1) is 5.92 Å². The molecule has 3 atom stereocenters. The first-order chi connectivity index (χ1) is 10.1. The van der Waals surface area contributed by atoms with Gasteiger partial charge in [-0.15, -0.1) is 11.8 Å². The fraction of sp³-hybridized carbons (Fsp3) is 0.636. The maximum Gasteiger partial charge on any atom is 1.00 e. The summed E-state index contributed by atoms with van der Waals surface area (Å²) in [4.78, 5) is 24.3. The number of rotatable bonds is 7. The number of carboxylic acids is 1. The number of thioether (sulfide) groups is 2. The zero-order valence-electron chi connectivity index (χ0n) is 12.6. The zero-order chi connectivity index (χ0) is 16.7. The van der Waals surface area contributed by atoms with E-state index in [1.807, 2.05) is 0 Å². The van der Waals surface area contributed by atoms with Crippen LogP contribution >= 0.6 is 23.5 Å². The summed E-state index contributed by atoms with van der Waals surface area (Å²) < 4.78 is 22.1. The van der Waals surface area contributed by atoms with Gasteiger partial charge in [0, 0.05) is 0 Å². The molecule has 0 bridgehead atoms. The van der Waals surface area contributed by atoms with Gasteiger partial charge in [0.2, 0.25) is 15.9 Å². The monoisotopic (exact) mass is 390 g/mol. The molecule has 2 aliphatic rings. The van der Waals surface area contributed by atoms with Crippen LogP contribution in [0.25, 0.3) is 0 Å². The molecular weight excluding hydrogens is 375 g/mol. The Hall–Kier alpha value is 0.250. The second-order valence-electron chi connectivity index (χ2n) is 4.98. The average molecular weight is 390 g/mol. The average Bonchev–Trinajstić information content (AvgIpc) is 2.67. The van der Waals surface area contributed by atoms with E-state index in [9.17, 15) is 28.2 Å². The number of fused-ring (bicyclic) bond motifs is 1. The van der Waals surface area contributed by atoms with Gasteiger partial charge in [-0.05, 0) is 19.1 Å². The van der Waals surface area contributed by atoms with Crippen molar-refractivity contribution in [2.24, 2.45) is 11.1 Å². The molecule has 0 aromatic carbocycles. The van der Waals surface area contributed by atoms with Gasteiger partial charge in [0.15, 0.2) is 0 Å². The van der Waals surface area contributed by atoms with Crippen LogP contribution in [-0.2, 0) is 19.6 Å². The molecule has 2 aliphatic heterocycles. The van der Waals surface area contributed by atoms with Crippen LogP contribution in [0.2, 0.25) is 0 Å². The van der Waals surface area contributed by atoms with Crippen molar-refractivity contribution in [2.45, 2.75) is 24.8 Å². The maximum atomic E-state index is 11.9. The zero-order valence-corrected chi connectivity index (χ0v) is 17.0. The smallest absolute Gasteiger partial charge is 0.543 e. The van der Waals surface area contributed by atoms with Crippen molar-refractivity contribution in [1.29, 1.82) is 0 Å². The van der Waals surface area contributed by atoms with Gasteiger partial charge in [0.25, 0.3) is 0 Å². The van der Waals surface area contributed by atoms with Gasteiger partial charge in [0.1, 0.15) is 5.37 Å². The minimum absolute atomic E-state index is 0. The summed E-state index contributed by atoms with van der Waals surface area (Å²) in [5.74, 6) is -2.38. The number of nitrogens with zero attached hydrogens (tertiary/aromatic N) is 1. The third kappa shape index (κ3) is 4.66. The Kier molecular flexibility index (Phi) is 7.49. The Bertz CT molecular complexity index is 636. The second kappa shape index (κ2) is 8.09. The van der Waals surface area contributed by atoms with Crippen LogP contribution in [0.3, 0.4) is 0 Å². The minimum Gasteiger partial charge on any atom is -0.543 e. The number of carbonyl (C=O) groups is 2. The molecule has 0 aromatic rings. The van der Waals surface area contributed by atoms with Crippen molar-refractivity contribution >= 4 is 45.4 Å². The molecule has 2 rings (SSSR count). The summed E-state index contributed by atoms with van der Waals surface area (Å²) in [6.07, 6.45) is -0.595. The third-order valence-electron chi connectivity index (χ3n) is 3.27. The van der Waals surface area contributed by atoms with E-state index in [1.165, 1.54) is 18.7 Å². The molecule has 1 saturated heterocycles. The second-order valence-corrected chi connectivity index (χ2v) is 9.20. The Morgan fingerprint density at radius 3 is 2.65 bits per heavy atom. The van der Waals surface area contributed by atoms with Gasteiger partial charge in [-0.1, -0.05) is 11.8 Å². The molecule has 1 amide bonds. The number of β-lactam (4-membered cyclic amide) rings is 1. The molecule has 3 N–H and O–H groups in total. The Morgan fingerprint density at radius 2 is 2.17 bits per heavy atom. The number of aliphatic hydroxyl groups is 1. The van der Waals surface area contributed by atoms with E-state index < -0.39 is 39.3 Å². The standard InChI is InChI=1S/C11H16N2O6S3.Na/c1-5(14)6-8(15)13-7(10(16)17)11(21-9(6)13)20-3-2-4-22(12,18)19;/h5-6,9,14H,2-4H2,1H3,(H,16,17)(H2,12,18,19);/q;+1/p-1/t5?,6-,9+;/m0./s1. The molecule has 0 spiro atoms. The number of aliphatic hydroxyl groups excluding tert-OH is 1. The first-order valence-electron chi connectivity index (χ1n) is 6.40. The largest absolute Gasteiger partial charge is 1.00 e. The number of sulfonamides is 1. The number of primary sulfonamides is 1. The topological polar surface area (TPSA) is 141 Å². The van der Waals surface area contributed by atoms with E-state index in [2.05, 4.69) is 0 Å². The minimum atomic E-state index is -3.55. The molecule has 23 heavy (non-hydrogen) atoms. The number of hydrogen-bond acceptors (Lipinski definition) is 8. The van der Waals surface area contributed by atoms with Gasteiger partial charge in [0.05, 0.1) is 33.7 Å². The summed E-state index contributed by atoms with van der Waals surface area (Å²) in [7, 11) is -3.55. The summed E-state index contributed by atoms with van der Waals surface area (Å²) in [6.45, 7) is 1.48. The van der Waals surface area contributed by atoms with Crippen LogP contribution in [0.1, 0.15) is 13.3 Å². The molecule has 2 heterocycles. The van der Waals surface area contributed by atoms with Gasteiger partial charge in [-0.25, -0.2) is 13.6 Å². The van der Waals surface area contributed by atoms with Crippen LogP contribution in [0.15, 0.2) is 9.93 Å². The predicted octanol–water partition coefficient (Wildman–Crippen LogP) is -4.77. The number of amides is 1. The fourth-order valence-corrected chi connectivity index (χ4v) is 5.92. The van der Waals surface area contributed by atoms with Crippen molar-refractivity contribution in [3.8, 4) is 0 Å². The molecular formula is C11H15N2NaO6S3. The number of hydrogen-bond donors (Lipinski definition) is 2. The summed E-state index contributed by atoms with van der Waals surface area (Å²) >= 11 is 2.33. The van der Waals surface area contributed by atoms with Gasteiger partial charge >= 0.3 is 29.6 Å². The Labute approximate surface area is 164 Å². The fourth-order valence-electron chi connectivity index (χ4n) is 2.27. The van der Waals surface area contributed by atoms with Gasteiger partial charge in [-0.2, -0.15) is 0 Å². The number of carboxylic acid groups (broad SMARTS) is 1.